The first kappa shape index (κ1) is 13.9. The SMILES string of the molecule is Cn1c(CC(=O)c2c(F)cccc2Br)nc2ccccc21. The maximum atomic E-state index is 13.8. The van der Waals surface area contributed by atoms with Gasteiger partial charge in [0.25, 0.3) is 0 Å². The van der Waals surface area contributed by atoms with Crippen LogP contribution in [0.4, 0.5) is 4.39 Å². The van der Waals surface area contributed by atoms with Crippen molar-refractivity contribution in [2.24, 2.45) is 7.05 Å². The molecule has 0 unspecified atom stereocenters. The molecule has 3 rings (SSSR count). The molecular formula is C16H12BrFN2O. The molecule has 0 spiro atoms. The van der Waals surface area contributed by atoms with Crippen LogP contribution in [-0.4, -0.2) is 15.3 Å². The third kappa shape index (κ3) is 2.49. The van der Waals surface area contributed by atoms with Crippen molar-refractivity contribution in [3.8, 4) is 0 Å². The van der Waals surface area contributed by atoms with Crippen LogP contribution in [0.2, 0.25) is 0 Å². The first-order valence-corrected chi connectivity index (χ1v) is 7.25. The van der Waals surface area contributed by atoms with Crippen molar-refractivity contribution in [3.63, 3.8) is 0 Å². The Morgan fingerprint density at radius 2 is 2.00 bits per heavy atom. The fraction of sp³-hybridized carbons (Fsp3) is 0.125. The van der Waals surface area contributed by atoms with Crippen molar-refractivity contribution in [1.29, 1.82) is 0 Å². The highest BCUT2D eigenvalue weighted by Gasteiger charge is 2.18. The molecule has 0 saturated heterocycles. The van der Waals surface area contributed by atoms with Gasteiger partial charge in [-0.1, -0.05) is 18.2 Å². The third-order valence-electron chi connectivity index (χ3n) is 3.44. The Hall–Kier alpha value is -2.01. The first-order valence-electron chi connectivity index (χ1n) is 6.45. The number of benzene rings is 2. The number of aryl methyl sites for hydroxylation is 1. The van der Waals surface area contributed by atoms with E-state index >= 15 is 0 Å². The Bertz CT molecular complexity index is 821. The van der Waals surface area contributed by atoms with E-state index in [9.17, 15) is 9.18 Å². The number of fused-ring (bicyclic) bond motifs is 1. The van der Waals surface area contributed by atoms with Crippen LogP contribution in [-0.2, 0) is 13.5 Å². The fourth-order valence-electron chi connectivity index (χ4n) is 2.35. The Labute approximate surface area is 129 Å². The summed E-state index contributed by atoms with van der Waals surface area (Å²) >= 11 is 3.23. The van der Waals surface area contributed by atoms with E-state index in [0.717, 1.165) is 11.0 Å². The molecule has 1 aromatic heterocycles. The lowest BCUT2D eigenvalue weighted by atomic mass is 10.1. The average Bonchev–Trinajstić information content (AvgIpc) is 2.76. The van der Waals surface area contributed by atoms with Gasteiger partial charge in [-0.05, 0) is 40.2 Å². The number of hydrogen-bond donors (Lipinski definition) is 0. The molecule has 0 saturated carbocycles. The second kappa shape index (κ2) is 5.41. The van der Waals surface area contributed by atoms with Crippen molar-refractivity contribution < 1.29 is 9.18 Å². The van der Waals surface area contributed by atoms with Crippen molar-refractivity contribution in [2.75, 3.05) is 0 Å². The van der Waals surface area contributed by atoms with Crippen LogP contribution in [0.1, 0.15) is 16.2 Å². The average molecular weight is 347 g/mol. The third-order valence-corrected chi connectivity index (χ3v) is 4.10. The fourth-order valence-corrected chi connectivity index (χ4v) is 2.91. The van der Waals surface area contributed by atoms with Gasteiger partial charge in [-0.25, -0.2) is 9.37 Å². The molecule has 21 heavy (non-hydrogen) atoms. The minimum absolute atomic E-state index is 0.0602. The van der Waals surface area contributed by atoms with Crippen LogP contribution in [0.3, 0.4) is 0 Å². The molecule has 0 aliphatic rings. The molecule has 0 bridgehead atoms. The van der Waals surface area contributed by atoms with Crippen molar-refractivity contribution in [1.82, 2.24) is 9.55 Å². The molecule has 0 aliphatic carbocycles. The van der Waals surface area contributed by atoms with E-state index in [4.69, 9.17) is 0 Å². The summed E-state index contributed by atoms with van der Waals surface area (Å²) in [6, 6.07) is 12.2. The van der Waals surface area contributed by atoms with Crippen LogP contribution < -0.4 is 0 Å². The van der Waals surface area contributed by atoms with Gasteiger partial charge in [0.15, 0.2) is 5.78 Å². The molecule has 1 heterocycles. The topological polar surface area (TPSA) is 34.9 Å². The molecule has 0 N–H and O–H groups in total. The Kier molecular flexibility index (Phi) is 3.59. The van der Waals surface area contributed by atoms with E-state index in [2.05, 4.69) is 20.9 Å². The highest BCUT2D eigenvalue weighted by Crippen LogP contribution is 2.22. The van der Waals surface area contributed by atoms with Crippen molar-refractivity contribution in [2.45, 2.75) is 6.42 Å². The van der Waals surface area contributed by atoms with Gasteiger partial charge in [-0.3, -0.25) is 4.79 Å². The summed E-state index contributed by atoms with van der Waals surface area (Å²) in [6.45, 7) is 0. The van der Waals surface area contributed by atoms with Gasteiger partial charge in [0.1, 0.15) is 11.6 Å². The number of carbonyl (C=O) groups excluding carboxylic acids is 1. The summed E-state index contributed by atoms with van der Waals surface area (Å²) in [5, 5.41) is 0. The summed E-state index contributed by atoms with van der Waals surface area (Å²) in [7, 11) is 1.86. The number of Topliss-reactive ketones (excluding diaryl/α,β-unsaturated/α-hetero) is 1. The van der Waals surface area contributed by atoms with Gasteiger partial charge in [0, 0.05) is 11.5 Å². The zero-order valence-electron chi connectivity index (χ0n) is 11.3. The minimum atomic E-state index is -0.520. The van der Waals surface area contributed by atoms with E-state index in [-0.39, 0.29) is 17.8 Å². The molecule has 0 radical (unpaired) electrons. The zero-order valence-corrected chi connectivity index (χ0v) is 12.9. The molecule has 3 aromatic rings. The molecule has 106 valence electrons. The molecule has 3 nitrogen and oxygen atoms in total. The van der Waals surface area contributed by atoms with Gasteiger partial charge in [0.05, 0.1) is 23.0 Å². The van der Waals surface area contributed by atoms with E-state index in [1.165, 1.54) is 6.07 Å². The van der Waals surface area contributed by atoms with Crippen molar-refractivity contribution >= 4 is 32.7 Å². The minimum Gasteiger partial charge on any atom is -0.331 e. The number of imidazole rings is 1. The molecule has 0 aliphatic heterocycles. The largest absolute Gasteiger partial charge is 0.331 e. The van der Waals surface area contributed by atoms with Crippen LogP contribution in [0, 0.1) is 5.82 Å². The molecule has 0 atom stereocenters. The van der Waals surface area contributed by atoms with Gasteiger partial charge < -0.3 is 4.57 Å². The Morgan fingerprint density at radius 1 is 1.24 bits per heavy atom. The highest BCUT2D eigenvalue weighted by molar-refractivity contribution is 9.10. The maximum Gasteiger partial charge on any atom is 0.174 e. The zero-order chi connectivity index (χ0) is 15.0. The monoisotopic (exact) mass is 346 g/mol. The summed E-state index contributed by atoms with van der Waals surface area (Å²) in [5.74, 6) is -0.192. The Morgan fingerprint density at radius 3 is 2.71 bits per heavy atom. The number of hydrogen-bond acceptors (Lipinski definition) is 2. The van der Waals surface area contributed by atoms with Gasteiger partial charge in [-0.2, -0.15) is 0 Å². The second-order valence-corrected chi connectivity index (χ2v) is 5.63. The van der Waals surface area contributed by atoms with Gasteiger partial charge >= 0.3 is 0 Å². The lowest BCUT2D eigenvalue weighted by molar-refractivity contribution is 0.0985. The quantitative estimate of drug-likeness (QED) is 0.674. The van der Waals surface area contributed by atoms with Gasteiger partial charge in [-0.15, -0.1) is 0 Å². The van der Waals surface area contributed by atoms with Crippen LogP contribution in [0.25, 0.3) is 11.0 Å². The lowest BCUT2D eigenvalue weighted by Crippen LogP contribution is -2.10. The number of aromatic nitrogens is 2. The normalized spacial score (nSPS) is 11.0. The number of rotatable bonds is 3. The van der Waals surface area contributed by atoms with Crippen molar-refractivity contribution in [3.05, 3.63) is 64.1 Å². The van der Waals surface area contributed by atoms with Crippen LogP contribution >= 0.6 is 15.9 Å². The standard InChI is InChI=1S/C16H12BrFN2O/c1-20-13-8-3-2-7-12(13)19-15(20)9-14(21)16-10(17)5-4-6-11(16)18/h2-8H,9H2,1H3. The summed E-state index contributed by atoms with van der Waals surface area (Å²) in [5.41, 5.74) is 1.85. The first-order chi connectivity index (χ1) is 10.1. The predicted octanol–water partition coefficient (Wildman–Crippen LogP) is 3.90. The smallest absolute Gasteiger partial charge is 0.174 e. The summed E-state index contributed by atoms with van der Waals surface area (Å²) in [6.07, 6.45) is 0.0602. The van der Waals surface area contributed by atoms with E-state index < -0.39 is 5.82 Å². The summed E-state index contributed by atoms with van der Waals surface area (Å²) in [4.78, 5) is 16.8. The lowest BCUT2D eigenvalue weighted by Gasteiger charge is -2.05. The summed E-state index contributed by atoms with van der Waals surface area (Å²) < 4.78 is 16.2. The van der Waals surface area contributed by atoms with E-state index in [1.807, 2.05) is 35.9 Å². The maximum absolute atomic E-state index is 13.8. The van der Waals surface area contributed by atoms with Gasteiger partial charge in [0.2, 0.25) is 0 Å². The number of nitrogens with zero attached hydrogens (tertiary/aromatic N) is 2. The number of halogens is 2. The molecule has 0 fully saturated rings. The number of carbonyl (C=O) groups is 1. The molecule has 2 aromatic carbocycles. The predicted molar refractivity (Wildman–Crippen MR) is 82.8 cm³/mol. The number of ketones is 1. The van der Waals surface area contributed by atoms with E-state index in [0.29, 0.717) is 10.3 Å². The highest BCUT2D eigenvalue weighted by atomic mass is 79.9. The second-order valence-electron chi connectivity index (χ2n) is 4.77. The van der Waals surface area contributed by atoms with Crippen LogP contribution in [0.15, 0.2) is 46.9 Å². The molecule has 5 heteroatoms. The van der Waals surface area contributed by atoms with E-state index in [1.54, 1.807) is 12.1 Å². The number of para-hydroxylation sites is 2. The molecule has 0 amide bonds. The molecular weight excluding hydrogens is 335 g/mol. The van der Waals surface area contributed by atoms with Crippen LogP contribution in [0.5, 0.6) is 0 Å². The Balaban J connectivity index is 1.99.